The lowest BCUT2D eigenvalue weighted by atomic mass is 9.65. The molecule has 1 saturated heterocycles. The third-order valence-electron chi connectivity index (χ3n) is 9.57. The monoisotopic (exact) mass is 607 g/mol. The maximum absolute atomic E-state index is 6.28. The lowest BCUT2D eigenvalue weighted by Crippen LogP contribution is -2.35. The van der Waals surface area contributed by atoms with Crippen molar-refractivity contribution < 1.29 is 4.74 Å². The molecule has 0 spiro atoms. The smallest absolute Gasteiger partial charge is 0.119 e. The summed E-state index contributed by atoms with van der Waals surface area (Å²) < 4.78 is 6.28. The third-order valence-corrected chi connectivity index (χ3v) is 9.57. The highest BCUT2D eigenvalue weighted by atomic mass is 16.5. The van der Waals surface area contributed by atoms with Gasteiger partial charge in [-0.1, -0.05) is 109 Å². The van der Waals surface area contributed by atoms with E-state index < -0.39 is 0 Å². The first-order valence-electron chi connectivity index (χ1n) is 17.9. The largest absolute Gasteiger partial charge is 0.490 e. The van der Waals surface area contributed by atoms with Crippen LogP contribution < -0.4 is 4.74 Å². The zero-order chi connectivity index (χ0) is 32.7. The van der Waals surface area contributed by atoms with Gasteiger partial charge in [0, 0.05) is 18.7 Å². The predicted octanol–water partition coefficient (Wildman–Crippen LogP) is 12.1. The molecule has 0 amide bonds. The van der Waals surface area contributed by atoms with E-state index in [-0.39, 0.29) is 0 Å². The van der Waals surface area contributed by atoms with Gasteiger partial charge in [-0.3, -0.25) is 0 Å². The topological polar surface area (TPSA) is 12.5 Å². The molecule has 2 fully saturated rings. The first-order chi connectivity index (χ1) is 21.9. The maximum atomic E-state index is 6.28. The SMILES string of the molecule is C=C=C(CCC1(C2=CCCC=C2)CCCCC1)c1ccc(C)c(C(=C)c2ccc(OC3CCN(C)CC3)cc2)c1.CC.CCC. The third kappa shape index (κ3) is 10.2. The van der Waals surface area contributed by atoms with E-state index in [9.17, 15) is 0 Å². The summed E-state index contributed by atoms with van der Waals surface area (Å²) in [4.78, 5) is 2.37. The minimum Gasteiger partial charge on any atom is -0.490 e. The normalized spacial score (nSPS) is 17.9. The average molecular weight is 608 g/mol. The van der Waals surface area contributed by atoms with Crippen LogP contribution in [0.15, 0.2) is 85.2 Å². The fourth-order valence-corrected chi connectivity index (χ4v) is 6.94. The van der Waals surface area contributed by atoms with Gasteiger partial charge in [0.05, 0.1) is 0 Å². The number of hydrogen-bond acceptors (Lipinski definition) is 2. The number of hydrogen-bond donors (Lipinski definition) is 0. The zero-order valence-corrected chi connectivity index (χ0v) is 29.5. The minimum absolute atomic E-state index is 0.311. The van der Waals surface area contributed by atoms with Crippen LogP contribution in [0.25, 0.3) is 11.1 Å². The van der Waals surface area contributed by atoms with Gasteiger partial charge in [0.25, 0.3) is 0 Å². The van der Waals surface area contributed by atoms with E-state index in [1.165, 1.54) is 80.1 Å². The fourth-order valence-electron chi connectivity index (χ4n) is 6.94. The van der Waals surface area contributed by atoms with Gasteiger partial charge in [0.1, 0.15) is 11.9 Å². The molecule has 1 aliphatic heterocycles. The Labute approximate surface area is 276 Å². The Morgan fingerprint density at radius 3 is 2.20 bits per heavy atom. The highest BCUT2D eigenvalue weighted by Gasteiger charge is 2.34. The van der Waals surface area contributed by atoms with E-state index in [1.54, 1.807) is 5.57 Å². The molecule has 0 atom stereocenters. The second kappa shape index (κ2) is 18.8. The van der Waals surface area contributed by atoms with Crippen molar-refractivity contribution in [3.63, 3.8) is 0 Å². The molecular formula is C43H61NO. The number of nitrogens with zero attached hydrogens (tertiary/aromatic N) is 1. The van der Waals surface area contributed by atoms with E-state index in [2.05, 4.69) is 112 Å². The van der Waals surface area contributed by atoms with Gasteiger partial charge in [0.2, 0.25) is 0 Å². The van der Waals surface area contributed by atoms with Crippen LogP contribution in [0.4, 0.5) is 0 Å². The molecule has 244 valence electrons. The predicted molar refractivity (Wildman–Crippen MR) is 198 cm³/mol. The summed E-state index contributed by atoms with van der Waals surface area (Å²) in [5.74, 6) is 0.952. The highest BCUT2D eigenvalue weighted by Crippen LogP contribution is 2.48. The summed E-state index contributed by atoms with van der Waals surface area (Å²) in [6.07, 6.45) is 22.3. The van der Waals surface area contributed by atoms with Crippen LogP contribution in [0, 0.1) is 12.3 Å². The number of likely N-dealkylation sites (tertiary alicyclic amines) is 1. The van der Waals surface area contributed by atoms with E-state index in [0.29, 0.717) is 11.5 Å². The van der Waals surface area contributed by atoms with Crippen LogP contribution in [0.2, 0.25) is 0 Å². The Bertz CT molecular complexity index is 1310. The molecule has 0 N–H and O–H groups in total. The standard InChI is InChI=1S/C38H47NO.C3H8.C2H6/c1-5-31(20-25-38(23-10-7-11-24-38)34-12-8-6-9-13-34)33-15-14-29(2)37(28-33)30(3)32-16-18-35(19-17-32)40-36-21-26-39(4)27-22-36;1-3-2;1-2/h8,12-19,28,36H,1,3,6-7,9-11,20-27H2,2,4H3;3H2,1-2H3;1-2H3. The summed E-state index contributed by atoms with van der Waals surface area (Å²) >= 11 is 0. The van der Waals surface area contributed by atoms with Crippen molar-refractivity contribution >= 4 is 11.1 Å². The number of rotatable bonds is 9. The van der Waals surface area contributed by atoms with E-state index >= 15 is 0 Å². The van der Waals surface area contributed by atoms with Gasteiger partial charge in [-0.15, -0.1) is 5.73 Å². The molecule has 2 heteroatoms. The first-order valence-corrected chi connectivity index (χ1v) is 17.9. The van der Waals surface area contributed by atoms with Crippen LogP contribution >= 0.6 is 0 Å². The summed E-state index contributed by atoms with van der Waals surface area (Å²) in [7, 11) is 2.18. The molecule has 0 radical (unpaired) electrons. The van der Waals surface area contributed by atoms with Crippen molar-refractivity contribution in [1.82, 2.24) is 4.90 Å². The van der Waals surface area contributed by atoms with Gasteiger partial charge in [-0.2, -0.15) is 0 Å². The summed E-state index contributed by atoms with van der Waals surface area (Å²) in [5, 5.41) is 0. The molecule has 3 aliphatic rings. The molecule has 2 aliphatic carbocycles. The van der Waals surface area contributed by atoms with Gasteiger partial charge in [0.15, 0.2) is 0 Å². The Morgan fingerprint density at radius 1 is 0.956 bits per heavy atom. The lowest BCUT2D eigenvalue weighted by Gasteiger charge is -2.40. The van der Waals surface area contributed by atoms with Gasteiger partial charge in [-0.05, 0) is 122 Å². The number of aryl methyl sites for hydroxylation is 1. The number of benzene rings is 2. The molecule has 5 rings (SSSR count). The summed E-state index contributed by atoms with van der Waals surface area (Å²) in [6, 6.07) is 15.3. The van der Waals surface area contributed by atoms with E-state index in [0.717, 1.165) is 49.2 Å². The molecule has 2 nitrogen and oxygen atoms in total. The van der Waals surface area contributed by atoms with Crippen molar-refractivity contribution in [3.8, 4) is 5.75 Å². The molecule has 0 bridgehead atoms. The molecule has 1 heterocycles. The van der Waals surface area contributed by atoms with Crippen molar-refractivity contribution in [3.05, 3.63) is 107 Å². The van der Waals surface area contributed by atoms with Crippen molar-refractivity contribution in [2.24, 2.45) is 5.41 Å². The fraction of sp³-hybridized carbons (Fsp3) is 0.512. The Hall–Kier alpha value is -3.06. The molecule has 0 aromatic heterocycles. The molecule has 1 saturated carbocycles. The van der Waals surface area contributed by atoms with Crippen LogP contribution in [0.5, 0.6) is 5.75 Å². The molecule has 2 aromatic rings. The highest BCUT2D eigenvalue weighted by molar-refractivity contribution is 5.82. The maximum Gasteiger partial charge on any atom is 0.119 e. The summed E-state index contributed by atoms with van der Waals surface area (Å²) in [5.41, 5.74) is 12.3. The number of allylic oxidation sites excluding steroid dienone is 5. The molecule has 2 aromatic carbocycles. The van der Waals surface area contributed by atoms with Crippen molar-refractivity contribution in [2.45, 2.75) is 118 Å². The minimum atomic E-state index is 0.311. The van der Waals surface area contributed by atoms with Crippen LogP contribution in [-0.4, -0.2) is 31.1 Å². The van der Waals surface area contributed by atoms with Gasteiger partial charge >= 0.3 is 0 Å². The van der Waals surface area contributed by atoms with E-state index in [1.807, 2.05) is 13.8 Å². The zero-order valence-electron chi connectivity index (χ0n) is 29.5. The summed E-state index contributed by atoms with van der Waals surface area (Å²) in [6.45, 7) is 21.3. The van der Waals surface area contributed by atoms with Crippen molar-refractivity contribution in [1.29, 1.82) is 0 Å². The molecular weight excluding hydrogens is 546 g/mol. The quantitative estimate of drug-likeness (QED) is 0.263. The van der Waals surface area contributed by atoms with E-state index in [4.69, 9.17) is 4.74 Å². The Balaban J connectivity index is 0.00000104. The molecule has 0 unspecified atom stereocenters. The number of piperidine rings is 1. The Morgan fingerprint density at radius 2 is 1.60 bits per heavy atom. The second-order valence-corrected chi connectivity index (χ2v) is 13.0. The van der Waals surface area contributed by atoms with Gasteiger partial charge in [-0.25, -0.2) is 0 Å². The first kappa shape index (κ1) is 36.4. The van der Waals surface area contributed by atoms with Crippen LogP contribution in [-0.2, 0) is 0 Å². The van der Waals surface area contributed by atoms with Gasteiger partial charge < -0.3 is 9.64 Å². The Kier molecular flexibility index (Phi) is 15.2. The second-order valence-electron chi connectivity index (χ2n) is 13.0. The van der Waals surface area contributed by atoms with Crippen LogP contribution in [0.3, 0.4) is 0 Å². The van der Waals surface area contributed by atoms with Crippen molar-refractivity contribution in [2.75, 3.05) is 20.1 Å². The number of ether oxygens (including phenoxy) is 1. The average Bonchev–Trinajstić information content (AvgIpc) is 3.09. The van der Waals surface area contributed by atoms with Crippen LogP contribution in [0.1, 0.15) is 127 Å². The molecule has 45 heavy (non-hydrogen) atoms. The lowest BCUT2D eigenvalue weighted by molar-refractivity contribution is 0.114.